The molecule has 0 aliphatic rings. The smallest absolute Gasteiger partial charge is 0.222 e. The predicted molar refractivity (Wildman–Crippen MR) is 96.2 cm³/mol. The molecule has 3 aromatic rings. The van der Waals surface area contributed by atoms with Crippen LogP contribution in [0.5, 0.6) is 0 Å². The highest BCUT2D eigenvalue weighted by Gasteiger charge is 2.12. The fourth-order valence-corrected chi connectivity index (χ4v) is 2.51. The van der Waals surface area contributed by atoms with E-state index in [-0.39, 0.29) is 5.91 Å². The van der Waals surface area contributed by atoms with Gasteiger partial charge in [-0.1, -0.05) is 35.9 Å². The summed E-state index contributed by atoms with van der Waals surface area (Å²) in [6.07, 6.45) is 0. The molecule has 0 bridgehead atoms. The van der Waals surface area contributed by atoms with Crippen molar-refractivity contribution in [3.05, 3.63) is 65.2 Å². The molecule has 0 unspecified atom stereocenters. The van der Waals surface area contributed by atoms with Gasteiger partial charge < -0.3 is 11.1 Å². The van der Waals surface area contributed by atoms with Gasteiger partial charge in [0.1, 0.15) is 5.82 Å². The van der Waals surface area contributed by atoms with Crippen LogP contribution in [-0.4, -0.2) is 15.7 Å². The van der Waals surface area contributed by atoms with Gasteiger partial charge in [-0.2, -0.15) is 5.10 Å². The largest absolute Gasteiger partial charge is 0.326 e. The van der Waals surface area contributed by atoms with Gasteiger partial charge in [-0.15, -0.1) is 0 Å². The number of hydrogen-bond acceptors (Lipinski definition) is 3. The molecule has 24 heavy (non-hydrogen) atoms. The molecule has 3 N–H and O–H groups in total. The van der Waals surface area contributed by atoms with Gasteiger partial charge in [-0.25, -0.2) is 4.68 Å². The Bertz CT molecular complexity index is 854. The van der Waals surface area contributed by atoms with E-state index >= 15 is 0 Å². The lowest BCUT2D eigenvalue weighted by Gasteiger charge is -2.08. The molecule has 0 saturated carbocycles. The number of aromatic nitrogens is 2. The number of carbonyl (C=O) groups excluding carboxylic acids is 1. The molecular formula is C18H17ClN4O. The molecule has 0 fully saturated rings. The van der Waals surface area contributed by atoms with Gasteiger partial charge in [0.2, 0.25) is 5.91 Å². The molecule has 3 rings (SSSR count). The van der Waals surface area contributed by atoms with Crippen molar-refractivity contribution in [2.24, 2.45) is 5.73 Å². The van der Waals surface area contributed by atoms with Gasteiger partial charge >= 0.3 is 0 Å². The third-order valence-corrected chi connectivity index (χ3v) is 3.82. The van der Waals surface area contributed by atoms with Crippen molar-refractivity contribution in [1.29, 1.82) is 0 Å². The molecule has 2 aromatic carbocycles. The molecular weight excluding hydrogens is 324 g/mol. The van der Waals surface area contributed by atoms with Crippen LogP contribution >= 0.6 is 11.6 Å². The first kappa shape index (κ1) is 16.2. The van der Waals surface area contributed by atoms with E-state index in [0.29, 0.717) is 17.4 Å². The number of anilines is 1. The fourth-order valence-electron chi connectivity index (χ4n) is 2.38. The number of hydrogen-bond donors (Lipinski definition) is 2. The number of benzene rings is 2. The van der Waals surface area contributed by atoms with Gasteiger partial charge in [0, 0.05) is 30.1 Å². The van der Waals surface area contributed by atoms with Crippen molar-refractivity contribution in [1.82, 2.24) is 9.78 Å². The monoisotopic (exact) mass is 340 g/mol. The van der Waals surface area contributed by atoms with Crippen molar-refractivity contribution < 1.29 is 4.79 Å². The first-order chi connectivity index (χ1) is 11.6. The van der Waals surface area contributed by atoms with E-state index in [4.69, 9.17) is 17.3 Å². The lowest BCUT2D eigenvalue weighted by Crippen LogP contribution is -2.11. The van der Waals surface area contributed by atoms with Crippen molar-refractivity contribution in [2.45, 2.75) is 13.5 Å². The molecule has 1 aromatic heterocycles. The van der Waals surface area contributed by atoms with Crippen molar-refractivity contribution in [2.75, 3.05) is 5.32 Å². The summed E-state index contributed by atoms with van der Waals surface area (Å²) in [6.45, 7) is 1.95. The number of carbonyl (C=O) groups is 1. The van der Waals surface area contributed by atoms with Crippen LogP contribution in [0.1, 0.15) is 12.5 Å². The van der Waals surface area contributed by atoms with E-state index < -0.39 is 0 Å². The summed E-state index contributed by atoms with van der Waals surface area (Å²) in [7, 11) is 0. The van der Waals surface area contributed by atoms with Gasteiger partial charge in [-0.3, -0.25) is 4.79 Å². The Labute approximate surface area is 145 Å². The normalized spacial score (nSPS) is 10.6. The fraction of sp³-hybridized carbons (Fsp3) is 0.111. The standard InChI is InChI=1S/C18H17ClN4O/c1-12(24)21-18-10-17(14-4-6-15(19)7-5-14)22-23(18)16-8-2-13(11-20)3-9-16/h2-10H,11,20H2,1H3,(H,21,24). The van der Waals surface area contributed by atoms with Crippen LogP contribution in [0, 0.1) is 0 Å². The van der Waals surface area contributed by atoms with Crippen LogP contribution in [0.15, 0.2) is 54.6 Å². The summed E-state index contributed by atoms with van der Waals surface area (Å²) in [4.78, 5) is 11.5. The van der Waals surface area contributed by atoms with Crippen LogP contribution in [0.4, 0.5) is 5.82 Å². The molecule has 6 heteroatoms. The maximum Gasteiger partial charge on any atom is 0.222 e. The SMILES string of the molecule is CC(=O)Nc1cc(-c2ccc(Cl)cc2)nn1-c1ccc(CN)cc1. The maximum absolute atomic E-state index is 11.5. The molecule has 0 aliphatic heterocycles. The van der Waals surface area contributed by atoms with Gasteiger partial charge in [0.25, 0.3) is 0 Å². The Morgan fingerprint density at radius 3 is 2.42 bits per heavy atom. The van der Waals surface area contributed by atoms with E-state index in [9.17, 15) is 4.79 Å². The van der Waals surface area contributed by atoms with Crippen molar-refractivity contribution in [3.8, 4) is 16.9 Å². The first-order valence-corrected chi connectivity index (χ1v) is 7.87. The van der Waals surface area contributed by atoms with Crippen LogP contribution in [-0.2, 0) is 11.3 Å². The Morgan fingerprint density at radius 1 is 1.17 bits per heavy atom. The molecule has 0 radical (unpaired) electrons. The third-order valence-electron chi connectivity index (χ3n) is 3.57. The summed E-state index contributed by atoms with van der Waals surface area (Å²) in [5.74, 6) is 0.449. The summed E-state index contributed by atoms with van der Waals surface area (Å²) in [5, 5.41) is 8.09. The van der Waals surface area contributed by atoms with E-state index in [1.54, 1.807) is 4.68 Å². The number of rotatable bonds is 4. The van der Waals surface area contributed by atoms with Crippen LogP contribution in [0.2, 0.25) is 5.02 Å². The summed E-state index contributed by atoms with van der Waals surface area (Å²) >= 11 is 5.94. The maximum atomic E-state index is 11.5. The minimum atomic E-state index is -0.155. The summed E-state index contributed by atoms with van der Waals surface area (Å²) in [5.41, 5.74) is 9.18. The highest BCUT2D eigenvalue weighted by atomic mass is 35.5. The van der Waals surface area contributed by atoms with E-state index in [2.05, 4.69) is 10.4 Å². The average molecular weight is 341 g/mol. The zero-order chi connectivity index (χ0) is 17.1. The van der Waals surface area contributed by atoms with Crippen molar-refractivity contribution in [3.63, 3.8) is 0 Å². The lowest BCUT2D eigenvalue weighted by atomic mass is 10.1. The minimum Gasteiger partial charge on any atom is -0.326 e. The number of nitrogens with two attached hydrogens (primary N) is 1. The van der Waals surface area contributed by atoms with Gasteiger partial charge in [0.05, 0.1) is 11.4 Å². The van der Waals surface area contributed by atoms with Crippen LogP contribution in [0.3, 0.4) is 0 Å². The van der Waals surface area contributed by atoms with Gasteiger partial charge in [0.15, 0.2) is 0 Å². The van der Waals surface area contributed by atoms with Crippen LogP contribution < -0.4 is 11.1 Å². The first-order valence-electron chi connectivity index (χ1n) is 7.50. The van der Waals surface area contributed by atoms with E-state index in [1.807, 2.05) is 54.6 Å². The quantitative estimate of drug-likeness (QED) is 0.762. The second kappa shape index (κ2) is 6.86. The van der Waals surface area contributed by atoms with E-state index in [1.165, 1.54) is 6.92 Å². The Hall–Kier alpha value is -2.63. The Morgan fingerprint density at radius 2 is 1.83 bits per heavy atom. The molecule has 5 nitrogen and oxygen atoms in total. The molecule has 0 aliphatic carbocycles. The van der Waals surface area contributed by atoms with Crippen molar-refractivity contribution >= 4 is 23.3 Å². The molecule has 1 heterocycles. The van der Waals surface area contributed by atoms with Crippen LogP contribution in [0.25, 0.3) is 16.9 Å². The highest BCUT2D eigenvalue weighted by Crippen LogP contribution is 2.26. The second-order valence-corrected chi connectivity index (χ2v) is 5.82. The number of nitrogens with zero attached hydrogens (tertiary/aromatic N) is 2. The predicted octanol–water partition coefficient (Wildman–Crippen LogP) is 3.61. The van der Waals surface area contributed by atoms with E-state index in [0.717, 1.165) is 22.5 Å². The lowest BCUT2D eigenvalue weighted by molar-refractivity contribution is -0.114. The molecule has 122 valence electrons. The second-order valence-electron chi connectivity index (χ2n) is 5.39. The molecule has 0 saturated heterocycles. The zero-order valence-corrected chi connectivity index (χ0v) is 13.9. The zero-order valence-electron chi connectivity index (χ0n) is 13.2. The summed E-state index contributed by atoms with van der Waals surface area (Å²) in [6, 6.07) is 17.0. The molecule has 0 atom stereocenters. The number of halogens is 1. The number of nitrogens with one attached hydrogen (secondary N) is 1. The highest BCUT2D eigenvalue weighted by molar-refractivity contribution is 6.30. The average Bonchev–Trinajstić information content (AvgIpc) is 2.98. The topological polar surface area (TPSA) is 72.9 Å². The molecule has 1 amide bonds. The van der Waals surface area contributed by atoms with Gasteiger partial charge in [-0.05, 0) is 29.8 Å². The minimum absolute atomic E-state index is 0.155. The Balaban J connectivity index is 2.05. The third kappa shape index (κ3) is 3.48. The molecule has 0 spiro atoms. The Kier molecular flexibility index (Phi) is 4.64. The summed E-state index contributed by atoms with van der Waals surface area (Å²) < 4.78 is 1.70. The number of amides is 1.